The molecule has 1 aliphatic heterocycles. The van der Waals surface area contributed by atoms with Crippen LogP contribution in [0.1, 0.15) is 24.2 Å². The number of carbonyl (C=O) groups is 1. The number of hydrogen-bond donors (Lipinski definition) is 0. The van der Waals surface area contributed by atoms with Gasteiger partial charge < -0.3 is 9.64 Å². The van der Waals surface area contributed by atoms with Gasteiger partial charge in [-0.1, -0.05) is 18.2 Å². The fraction of sp³-hybridized carbons (Fsp3) is 0.368. The van der Waals surface area contributed by atoms with Crippen LogP contribution in [0.25, 0.3) is 5.78 Å². The molecule has 1 aliphatic rings. The number of aromatic nitrogens is 4. The predicted molar refractivity (Wildman–Crippen MR) is 95.9 cm³/mol. The average Bonchev–Trinajstić information content (AvgIpc) is 3.28. The first kappa shape index (κ1) is 16.5. The van der Waals surface area contributed by atoms with E-state index in [0.717, 1.165) is 37.1 Å². The van der Waals surface area contributed by atoms with E-state index in [-0.39, 0.29) is 18.4 Å². The molecule has 7 heteroatoms. The molecule has 2 aromatic heterocycles. The standard InChI is InChI=1S/C19H21N5O2/c1-26-16-8-3-2-6-14(16)12-15-7-4-10-23(15)18(25)13-17-21-19-20-9-5-11-24(19)22-17/h2-3,5-6,8-9,11,15H,4,7,10,12-13H2,1H3. The summed E-state index contributed by atoms with van der Waals surface area (Å²) in [4.78, 5) is 23.3. The summed E-state index contributed by atoms with van der Waals surface area (Å²) in [7, 11) is 1.68. The van der Waals surface area contributed by atoms with Gasteiger partial charge in [0, 0.05) is 25.0 Å². The predicted octanol–water partition coefficient (Wildman–Crippen LogP) is 1.91. The fourth-order valence-corrected chi connectivity index (χ4v) is 3.59. The molecule has 1 amide bonds. The molecular weight excluding hydrogens is 330 g/mol. The molecule has 0 radical (unpaired) electrons. The smallest absolute Gasteiger partial charge is 0.252 e. The average molecular weight is 351 g/mol. The van der Waals surface area contributed by atoms with Crippen molar-refractivity contribution in [3.8, 4) is 5.75 Å². The van der Waals surface area contributed by atoms with Crippen molar-refractivity contribution in [3.63, 3.8) is 0 Å². The van der Waals surface area contributed by atoms with Crippen molar-refractivity contribution in [1.82, 2.24) is 24.5 Å². The molecule has 3 aromatic rings. The van der Waals surface area contributed by atoms with Crippen molar-refractivity contribution in [3.05, 3.63) is 54.1 Å². The van der Waals surface area contributed by atoms with E-state index in [1.165, 1.54) is 0 Å². The third kappa shape index (κ3) is 3.24. The molecule has 134 valence electrons. The lowest BCUT2D eigenvalue weighted by molar-refractivity contribution is -0.131. The molecular formula is C19H21N5O2. The summed E-state index contributed by atoms with van der Waals surface area (Å²) < 4.78 is 7.04. The van der Waals surface area contributed by atoms with Crippen LogP contribution in [0.2, 0.25) is 0 Å². The van der Waals surface area contributed by atoms with Crippen molar-refractivity contribution >= 4 is 11.7 Å². The molecule has 1 atom stereocenters. The lowest BCUT2D eigenvalue weighted by Crippen LogP contribution is -2.38. The zero-order valence-corrected chi connectivity index (χ0v) is 14.7. The number of hydrogen-bond acceptors (Lipinski definition) is 5. The van der Waals surface area contributed by atoms with Gasteiger partial charge in [0.2, 0.25) is 5.91 Å². The van der Waals surface area contributed by atoms with Gasteiger partial charge >= 0.3 is 0 Å². The summed E-state index contributed by atoms with van der Waals surface area (Å²) in [6.45, 7) is 0.782. The number of ether oxygens (including phenoxy) is 1. The number of rotatable bonds is 5. The normalized spacial score (nSPS) is 17.0. The van der Waals surface area contributed by atoms with Crippen molar-refractivity contribution in [1.29, 1.82) is 0 Å². The molecule has 0 N–H and O–H groups in total. The van der Waals surface area contributed by atoms with E-state index in [1.807, 2.05) is 23.1 Å². The van der Waals surface area contributed by atoms with E-state index < -0.39 is 0 Å². The Bertz CT molecular complexity index is 890. The second kappa shape index (κ2) is 7.11. The van der Waals surface area contributed by atoms with Gasteiger partial charge in [-0.15, -0.1) is 5.10 Å². The zero-order chi connectivity index (χ0) is 17.9. The molecule has 4 rings (SSSR count). The van der Waals surface area contributed by atoms with Gasteiger partial charge in [-0.25, -0.2) is 9.50 Å². The molecule has 7 nitrogen and oxygen atoms in total. The van der Waals surface area contributed by atoms with Crippen LogP contribution in [0.5, 0.6) is 5.75 Å². The topological polar surface area (TPSA) is 72.6 Å². The third-order valence-corrected chi connectivity index (χ3v) is 4.82. The highest BCUT2D eigenvalue weighted by atomic mass is 16.5. The summed E-state index contributed by atoms with van der Waals surface area (Å²) in [5.74, 6) is 1.97. The highest BCUT2D eigenvalue weighted by Gasteiger charge is 2.30. The van der Waals surface area contributed by atoms with Crippen LogP contribution in [0.4, 0.5) is 0 Å². The van der Waals surface area contributed by atoms with Crippen molar-refractivity contribution in [2.45, 2.75) is 31.7 Å². The zero-order valence-electron chi connectivity index (χ0n) is 14.7. The van der Waals surface area contributed by atoms with Gasteiger partial charge in [-0.3, -0.25) is 4.79 Å². The molecule has 1 aromatic carbocycles. The van der Waals surface area contributed by atoms with Crippen molar-refractivity contribution < 1.29 is 9.53 Å². The first-order chi connectivity index (χ1) is 12.7. The van der Waals surface area contributed by atoms with E-state index >= 15 is 0 Å². The highest BCUT2D eigenvalue weighted by molar-refractivity contribution is 5.78. The van der Waals surface area contributed by atoms with Crippen molar-refractivity contribution in [2.75, 3.05) is 13.7 Å². The Kier molecular flexibility index (Phi) is 4.51. The van der Waals surface area contributed by atoms with Crippen LogP contribution in [0, 0.1) is 0 Å². The Morgan fingerprint density at radius 2 is 2.19 bits per heavy atom. The van der Waals surface area contributed by atoms with Gasteiger partial charge in [0.05, 0.1) is 13.5 Å². The van der Waals surface area contributed by atoms with Crippen LogP contribution in [-0.4, -0.2) is 50.1 Å². The minimum atomic E-state index is 0.0679. The molecule has 1 unspecified atom stereocenters. The molecule has 1 saturated heterocycles. The van der Waals surface area contributed by atoms with Gasteiger partial charge in [-0.2, -0.15) is 4.98 Å². The summed E-state index contributed by atoms with van der Waals surface area (Å²) in [6.07, 6.45) is 6.47. The van der Waals surface area contributed by atoms with Crippen LogP contribution >= 0.6 is 0 Å². The quantitative estimate of drug-likeness (QED) is 0.702. The molecule has 3 heterocycles. The number of likely N-dealkylation sites (tertiary alicyclic amines) is 1. The maximum absolute atomic E-state index is 12.8. The summed E-state index contributed by atoms with van der Waals surface area (Å²) in [5, 5.41) is 4.34. The number of para-hydroxylation sites is 1. The number of amides is 1. The van der Waals surface area contributed by atoms with Gasteiger partial charge in [0.15, 0.2) is 5.82 Å². The van der Waals surface area contributed by atoms with Gasteiger partial charge in [0.25, 0.3) is 5.78 Å². The Labute approximate surface area is 151 Å². The first-order valence-corrected chi connectivity index (χ1v) is 8.82. The molecule has 0 saturated carbocycles. The molecule has 1 fully saturated rings. The Morgan fingerprint density at radius 3 is 3.04 bits per heavy atom. The lowest BCUT2D eigenvalue weighted by atomic mass is 10.0. The van der Waals surface area contributed by atoms with Crippen LogP contribution in [0.3, 0.4) is 0 Å². The van der Waals surface area contributed by atoms with Gasteiger partial charge in [-0.05, 0) is 37.0 Å². The number of benzene rings is 1. The number of methoxy groups -OCH3 is 1. The Morgan fingerprint density at radius 1 is 1.31 bits per heavy atom. The molecule has 26 heavy (non-hydrogen) atoms. The summed E-state index contributed by atoms with van der Waals surface area (Å²) >= 11 is 0. The largest absolute Gasteiger partial charge is 0.496 e. The van der Waals surface area contributed by atoms with Gasteiger partial charge in [0.1, 0.15) is 5.75 Å². The van der Waals surface area contributed by atoms with E-state index in [9.17, 15) is 4.79 Å². The minimum Gasteiger partial charge on any atom is -0.496 e. The van der Waals surface area contributed by atoms with Crippen molar-refractivity contribution in [2.24, 2.45) is 0 Å². The second-order valence-electron chi connectivity index (χ2n) is 6.47. The van der Waals surface area contributed by atoms with Crippen LogP contribution < -0.4 is 4.74 Å². The van der Waals surface area contributed by atoms with E-state index in [1.54, 1.807) is 30.1 Å². The SMILES string of the molecule is COc1ccccc1CC1CCCN1C(=O)Cc1nc2ncccn2n1. The lowest BCUT2D eigenvalue weighted by Gasteiger charge is -2.25. The number of fused-ring (bicyclic) bond motifs is 1. The first-order valence-electron chi connectivity index (χ1n) is 8.82. The number of nitrogens with zero attached hydrogens (tertiary/aromatic N) is 5. The second-order valence-corrected chi connectivity index (χ2v) is 6.47. The van der Waals surface area contributed by atoms with Crippen LogP contribution in [-0.2, 0) is 17.6 Å². The Balaban J connectivity index is 1.47. The highest BCUT2D eigenvalue weighted by Crippen LogP contribution is 2.26. The minimum absolute atomic E-state index is 0.0679. The fourth-order valence-electron chi connectivity index (χ4n) is 3.59. The third-order valence-electron chi connectivity index (χ3n) is 4.82. The maximum atomic E-state index is 12.8. The monoisotopic (exact) mass is 351 g/mol. The van der Waals surface area contributed by atoms with E-state index in [2.05, 4.69) is 21.1 Å². The number of carbonyl (C=O) groups excluding carboxylic acids is 1. The van der Waals surface area contributed by atoms with E-state index in [4.69, 9.17) is 4.74 Å². The van der Waals surface area contributed by atoms with Crippen LogP contribution in [0.15, 0.2) is 42.7 Å². The Hall–Kier alpha value is -2.96. The molecule has 0 bridgehead atoms. The summed E-state index contributed by atoms with van der Waals surface area (Å²) in [6, 6.07) is 9.97. The molecule has 0 aliphatic carbocycles. The molecule has 0 spiro atoms. The maximum Gasteiger partial charge on any atom is 0.252 e. The van der Waals surface area contributed by atoms with E-state index in [0.29, 0.717) is 11.6 Å². The summed E-state index contributed by atoms with van der Waals surface area (Å²) in [5.41, 5.74) is 1.13.